The van der Waals surface area contributed by atoms with Crippen molar-refractivity contribution < 1.29 is 27.5 Å². The van der Waals surface area contributed by atoms with Crippen molar-refractivity contribution in [2.24, 2.45) is 0 Å². The lowest BCUT2D eigenvalue weighted by molar-refractivity contribution is -0.118. The highest BCUT2D eigenvalue weighted by atomic mass is 19.4. The van der Waals surface area contributed by atoms with Gasteiger partial charge in [0.15, 0.2) is 5.78 Å². The predicted octanol–water partition coefficient (Wildman–Crippen LogP) is 2.40. The Bertz CT molecular complexity index is 421. The number of rotatable bonds is 4. The number of hydrogen-bond donors (Lipinski definition) is 0. The van der Waals surface area contributed by atoms with E-state index >= 15 is 0 Å². The third kappa shape index (κ3) is 3.90. The zero-order valence-electron chi connectivity index (χ0n) is 8.88. The predicted molar refractivity (Wildman–Crippen MR) is 53.0 cm³/mol. The minimum absolute atomic E-state index is 0.160. The van der Waals surface area contributed by atoms with Gasteiger partial charge in [-0.1, -0.05) is 0 Å². The van der Waals surface area contributed by atoms with E-state index in [9.17, 15) is 22.8 Å². The van der Waals surface area contributed by atoms with E-state index in [2.05, 4.69) is 0 Å². The van der Waals surface area contributed by atoms with Crippen LogP contribution in [0.4, 0.5) is 13.2 Å². The van der Waals surface area contributed by atoms with Crippen LogP contribution in [0.5, 0.6) is 5.75 Å². The largest absolute Gasteiger partial charge is 0.486 e. The zero-order valence-corrected chi connectivity index (χ0v) is 8.88. The van der Waals surface area contributed by atoms with Crippen molar-refractivity contribution in [1.29, 1.82) is 0 Å². The summed E-state index contributed by atoms with van der Waals surface area (Å²) in [5, 5.41) is 0. The Hall–Kier alpha value is -1.85. The summed E-state index contributed by atoms with van der Waals surface area (Å²) in [7, 11) is 0. The van der Waals surface area contributed by atoms with E-state index < -0.39 is 17.5 Å². The van der Waals surface area contributed by atoms with Crippen LogP contribution in [0, 0.1) is 0 Å². The fourth-order valence-corrected chi connectivity index (χ4v) is 1.05. The third-order valence-corrected chi connectivity index (χ3v) is 1.82. The van der Waals surface area contributed by atoms with Gasteiger partial charge in [-0.15, -0.1) is 0 Å². The maximum absolute atomic E-state index is 12.1. The third-order valence-electron chi connectivity index (χ3n) is 1.82. The Morgan fingerprint density at radius 2 is 1.71 bits per heavy atom. The van der Waals surface area contributed by atoms with E-state index in [1.54, 1.807) is 0 Å². The molecule has 0 heterocycles. The summed E-state index contributed by atoms with van der Waals surface area (Å²) >= 11 is 0. The molecular weight excluding hydrogens is 237 g/mol. The van der Waals surface area contributed by atoms with Gasteiger partial charge in [-0.3, -0.25) is 9.59 Å². The molecule has 0 unspecified atom stereocenters. The zero-order chi connectivity index (χ0) is 13.1. The van der Waals surface area contributed by atoms with Crippen molar-refractivity contribution in [1.82, 2.24) is 0 Å². The Kier molecular flexibility index (Phi) is 3.88. The molecule has 0 aliphatic heterocycles. The van der Waals surface area contributed by atoms with Crippen LogP contribution in [0.25, 0.3) is 0 Å². The molecule has 0 atom stereocenters. The number of carbonyl (C=O) groups is 2. The quantitative estimate of drug-likeness (QED) is 0.766. The van der Waals surface area contributed by atoms with Crippen LogP contribution >= 0.6 is 0 Å². The normalized spacial score (nSPS) is 11.1. The van der Waals surface area contributed by atoms with Gasteiger partial charge in [0.25, 0.3) is 5.78 Å². The molecule has 6 heteroatoms. The number of ketones is 2. The first-order valence-corrected chi connectivity index (χ1v) is 4.64. The summed E-state index contributed by atoms with van der Waals surface area (Å²) in [5.74, 6) is -1.88. The first-order valence-electron chi connectivity index (χ1n) is 4.64. The van der Waals surface area contributed by atoms with Crippen molar-refractivity contribution in [3.63, 3.8) is 0 Å². The molecule has 17 heavy (non-hydrogen) atoms. The molecule has 1 aromatic carbocycles. The molecule has 0 bridgehead atoms. The second-order valence-electron chi connectivity index (χ2n) is 3.34. The van der Waals surface area contributed by atoms with Gasteiger partial charge in [0.2, 0.25) is 0 Å². The van der Waals surface area contributed by atoms with E-state index in [1.165, 1.54) is 19.1 Å². The summed E-state index contributed by atoms with van der Waals surface area (Å²) in [5.41, 5.74) is -0.465. The maximum atomic E-state index is 12.1. The smallest absolute Gasteiger partial charge is 0.454 e. The molecule has 0 spiro atoms. The van der Waals surface area contributed by atoms with Crippen LogP contribution < -0.4 is 4.74 Å². The second kappa shape index (κ2) is 4.99. The van der Waals surface area contributed by atoms with Gasteiger partial charge in [-0.05, 0) is 31.2 Å². The molecule has 0 aliphatic rings. The van der Waals surface area contributed by atoms with Crippen LogP contribution in [-0.2, 0) is 4.79 Å². The first kappa shape index (κ1) is 13.2. The van der Waals surface area contributed by atoms with Crippen LogP contribution in [0.3, 0.4) is 0 Å². The van der Waals surface area contributed by atoms with Crippen LogP contribution in [-0.4, -0.2) is 24.3 Å². The van der Waals surface area contributed by atoms with Crippen LogP contribution in [0.1, 0.15) is 17.3 Å². The lowest BCUT2D eigenvalue weighted by Gasteiger charge is -2.06. The highest BCUT2D eigenvalue weighted by molar-refractivity contribution is 6.00. The van der Waals surface area contributed by atoms with Crippen LogP contribution in [0.15, 0.2) is 24.3 Å². The summed E-state index contributed by atoms with van der Waals surface area (Å²) in [6.45, 7) is 1.16. The monoisotopic (exact) mass is 246 g/mol. The molecule has 0 radical (unpaired) electrons. The molecule has 0 aliphatic carbocycles. The van der Waals surface area contributed by atoms with Gasteiger partial charge in [0.05, 0.1) is 0 Å². The maximum Gasteiger partial charge on any atom is 0.454 e. The summed E-state index contributed by atoms with van der Waals surface area (Å²) in [6.07, 6.45) is -4.89. The van der Waals surface area contributed by atoms with Crippen molar-refractivity contribution in [2.45, 2.75) is 13.1 Å². The molecule has 3 nitrogen and oxygen atoms in total. The molecule has 92 valence electrons. The molecule has 1 rings (SSSR count). The topological polar surface area (TPSA) is 43.4 Å². The minimum atomic E-state index is -4.89. The average molecular weight is 246 g/mol. The number of alkyl halides is 3. The Morgan fingerprint density at radius 3 is 2.12 bits per heavy atom. The van der Waals surface area contributed by atoms with E-state index in [0.717, 1.165) is 12.1 Å². The fraction of sp³-hybridized carbons (Fsp3) is 0.273. The second-order valence-corrected chi connectivity index (χ2v) is 3.34. The van der Waals surface area contributed by atoms with E-state index in [0.29, 0.717) is 0 Å². The summed E-state index contributed by atoms with van der Waals surface area (Å²) in [4.78, 5) is 21.4. The first-order chi connectivity index (χ1) is 7.80. The molecule has 0 amide bonds. The molecule has 0 fully saturated rings. The number of benzene rings is 1. The van der Waals surface area contributed by atoms with Gasteiger partial charge >= 0.3 is 6.18 Å². The lowest BCUT2D eigenvalue weighted by Crippen LogP contribution is -2.22. The van der Waals surface area contributed by atoms with Gasteiger partial charge < -0.3 is 4.74 Å². The van der Waals surface area contributed by atoms with Crippen molar-refractivity contribution >= 4 is 11.6 Å². The average Bonchev–Trinajstić information content (AvgIpc) is 2.25. The molecule has 0 aromatic heterocycles. The van der Waals surface area contributed by atoms with E-state index in [1.807, 2.05) is 0 Å². The fourth-order valence-electron chi connectivity index (χ4n) is 1.05. The Balaban J connectivity index is 2.75. The summed E-state index contributed by atoms with van der Waals surface area (Å²) in [6, 6.07) is 4.43. The van der Waals surface area contributed by atoms with Crippen molar-refractivity contribution in [3.8, 4) is 5.75 Å². The number of hydrogen-bond acceptors (Lipinski definition) is 3. The number of carbonyl (C=O) groups excluding carboxylic acids is 2. The van der Waals surface area contributed by atoms with Gasteiger partial charge in [-0.25, -0.2) is 0 Å². The van der Waals surface area contributed by atoms with Gasteiger partial charge in [0.1, 0.15) is 12.4 Å². The standard InChI is InChI=1S/C11H9F3O3/c1-7(15)6-17-9-4-2-8(3-5-9)10(16)11(12,13)14/h2-5H,6H2,1H3. The van der Waals surface area contributed by atoms with Gasteiger partial charge in [0, 0.05) is 5.56 Å². The van der Waals surface area contributed by atoms with Crippen molar-refractivity contribution in [2.75, 3.05) is 6.61 Å². The molecule has 0 saturated carbocycles. The number of Topliss-reactive ketones (excluding diaryl/α,β-unsaturated/α-hetero) is 2. The molecular formula is C11H9F3O3. The lowest BCUT2D eigenvalue weighted by atomic mass is 10.1. The highest BCUT2D eigenvalue weighted by Crippen LogP contribution is 2.22. The number of halogens is 3. The molecule has 1 aromatic rings. The number of ether oxygens (including phenoxy) is 1. The van der Waals surface area contributed by atoms with E-state index in [4.69, 9.17) is 4.74 Å². The van der Waals surface area contributed by atoms with Gasteiger partial charge in [-0.2, -0.15) is 13.2 Å². The highest BCUT2D eigenvalue weighted by Gasteiger charge is 2.39. The molecule has 0 saturated heterocycles. The summed E-state index contributed by atoms with van der Waals surface area (Å²) < 4.78 is 41.1. The van der Waals surface area contributed by atoms with Crippen LogP contribution in [0.2, 0.25) is 0 Å². The minimum Gasteiger partial charge on any atom is -0.486 e. The Morgan fingerprint density at radius 1 is 1.18 bits per heavy atom. The SMILES string of the molecule is CC(=O)COc1ccc(C(=O)C(F)(F)F)cc1. The molecule has 0 N–H and O–H groups in total. The van der Waals surface area contributed by atoms with E-state index in [-0.39, 0.29) is 18.1 Å². The van der Waals surface area contributed by atoms with Crippen molar-refractivity contribution in [3.05, 3.63) is 29.8 Å². The Labute approximate surface area is 95.2 Å².